The topological polar surface area (TPSA) is 99.7 Å². The first-order valence-corrected chi connectivity index (χ1v) is 8.58. The molecule has 0 saturated carbocycles. The van der Waals surface area contributed by atoms with Gasteiger partial charge in [-0.3, -0.25) is 14.9 Å². The van der Waals surface area contributed by atoms with Crippen LogP contribution in [0.15, 0.2) is 65.1 Å². The molecule has 142 valence electrons. The van der Waals surface area contributed by atoms with Crippen molar-refractivity contribution in [3.05, 3.63) is 87.1 Å². The first-order valence-electron chi connectivity index (χ1n) is 8.20. The van der Waals surface area contributed by atoms with Crippen molar-refractivity contribution in [2.75, 3.05) is 0 Å². The number of carbonyl (C=O) groups excluding carboxylic acids is 2. The standard InChI is InChI=1S/C20H14ClNO6/c1-12(19(23)14-3-2-4-15(21)11-14)27-20(24)18-10-9-17(28-18)13-5-7-16(8-6-13)22(25)26/h2-12H,1H3. The molecule has 8 heteroatoms. The maximum Gasteiger partial charge on any atom is 0.374 e. The van der Waals surface area contributed by atoms with Gasteiger partial charge in [-0.25, -0.2) is 4.79 Å². The summed E-state index contributed by atoms with van der Waals surface area (Å²) in [6.07, 6.45) is -1.03. The van der Waals surface area contributed by atoms with Gasteiger partial charge in [0.15, 0.2) is 6.10 Å². The fraction of sp³-hybridized carbons (Fsp3) is 0.100. The van der Waals surface area contributed by atoms with Crippen molar-refractivity contribution in [1.82, 2.24) is 0 Å². The number of nitrogens with zero attached hydrogens (tertiary/aromatic N) is 1. The number of rotatable bonds is 6. The Labute approximate surface area is 164 Å². The van der Waals surface area contributed by atoms with E-state index in [0.717, 1.165) is 0 Å². The first-order chi connectivity index (χ1) is 13.3. The van der Waals surface area contributed by atoms with Crippen LogP contribution in [0.5, 0.6) is 0 Å². The fourth-order valence-electron chi connectivity index (χ4n) is 2.50. The van der Waals surface area contributed by atoms with Gasteiger partial charge < -0.3 is 9.15 Å². The fourth-order valence-corrected chi connectivity index (χ4v) is 2.69. The number of nitro groups is 1. The van der Waals surface area contributed by atoms with Crippen LogP contribution >= 0.6 is 11.6 Å². The van der Waals surface area contributed by atoms with E-state index in [9.17, 15) is 19.7 Å². The zero-order valence-electron chi connectivity index (χ0n) is 14.6. The molecule has 1 atom stereocenters. The second-order valence-corrected chi connectivity index (χ2v) is 6.33. The molecular formula is C20H14ClNO6. The number of esters is 1. The van der Waals surface area contributed by atoms with E-state index in [0.29, 0.717) is 21.9 Å². The summed E-state index contributed by atoms with van der Waals surface area (Å²) in [6.45, 7) is 1.46. The van der Waals surface area contributed by atoms with E-state index in [1.807, 2.05) is 0 Å². The van der Waals surface area contributed by atoms with Gasteiger partial charge in [0, 0.05) is 28.3 Å². The molecule has 3 rings (SSSR count). The third-order valence-corrected chi connectivity index (χ3v) is 4.17. The molecule has 0 aliphatic rings. The number of carbonyl (C=O) groups is 2. The van der Waals surface area contributed by atoms with Crippen LogP contribution in [0.25, 0.3) is 11.3 Å². The van der Waals surface area contributed by atoms with Crippen molar-refractivity contribution in [1.29, 1.82) is 0 Å². The van der Waals surface area contributed by atoms with Crippen LogP contribution in [0.4, 0.5) is 5.69 Å². The largest absolute Gasteiger partial charge is 0.449 e. The molecule has 3 aromatic rings. The highest BCUT2D eigenvalue weighted by molar-refractivity contribution is 6.31. The van der Waals surface area contributed by atoms with E-state index in [2.05, 4.69) is 0 Å². The summed E-state index contributed by atoms with van der Waals surface area (Å²) in [5.41, 5.74) is 0.842. The number of nitro benzene ring substituents is 1. The van der Waals surface area contributed by atoms with E-state index < -0.39 is 22.8 Å². The molecule has 0 fully saturated rings. The molecule has 7 nitrogen and oxygen atoms in total. The highest BCUT2D eigenvalue weighted by Crippen LogP contribution is 2.25. The Bertz CT molecular complexity index is 1040. The van der Waals surface area contributed by atoms with Crippen molar-refractivity contribution in [2.45, 2.75) is 13.0 Å². The van der Waals surface area contributed by atoms with E-state index in [-0.39, 0.29) is 11.4 Å². The smallest absolute Gasteiger partial charge is 0.374 e. The lowest BCUT2D eigenvalue weighted by atomic mass is 10.1. The van der Waals surface area contributed by atoms with Gasteiger partial charge in [0.2, 0.25) is 11.5 Å². The van der Waals surface area contributed by atoms with E-state index >= 15 is 0 Å². The predicted molar refractivity (Wildman–Crippen MR) is 101 cm³/mol. The quantitative estimate of drug-likeness (QED) is 0.252. The molecule has 1 aromatic heterocycles. The average molecular weight is 400 g/mol. The van der Waals surface area contributed by atoms with Crippen LogP contribution in [0.2, 0.25) is 5.02 Å². The van der Waals surface area contributed by atoms with E-state index in [1.54, 1.807) is 24.3 Å². The lowest BCUT2D eigenvalue weighted by Crippen LogP contribution is -2.24. The van der Waals surface area contributed by atoms with Gasteiger partial charge in [-0.15, -0.1) is 0 Å². The SMILES string of the molecule is CC(OC(=O)c1ccc(-c2ccc([N+](=O)[O-])cc2)o1)C(=O)c1cccc(Cl)c1. The van der Waals surface area contributed by atoms with Crippen LogP contribution in [-0.4, -0.2) is 22.8 Å². The van der Waals surface area contributed by atoms with Crippen LogP contribution in [0, 0.1) is 10.1 Å². The summed E-state index contributed by atoms with van der Waals surface area (Å²) >= 11 is 5.87. The number of halogens is 1. The third-order valence-electron chi connectivity index (χ3n) is 3.93. The predicted octanol–water partition coefficient (Wildman–Crippen LogP) is 4.94. The lowest BCUT2D eigenvalue weighted by Gasteiger charge is -2.11. The molecule has 1 heterocycles. The van der Waals surface area contributed by atoms with E-state index in [1.165, 1.54) is 43.3 Å². The van der Waals surface area contributed by atoms with Gasteiger partial charge in [-0.1, -0.05) is 23.7 Å². The zero-order valence-corrected chi connectivity index (χ0v) is 15.4. The lowest BCUT2D eigenvalue weighted by molar-refractivity contribution is -0.384. The van der Waals surface area contributed by atoms with Crippen LogP contribution in [0.3, 0.4) is 0 Å². The Kier molecular flexibility index (Phi) is 5.56. The minimum atomic E-state index is -1.03. The second kappa shape index (κ2) is 8.06. The molecular weight excluding hydrogens is 386 g/mol. The summed E-state index contributed by atoms with van der Waals surface area (Å²) in [7, 11) is 0. The van der Waals surface area contributed by atoms with Crippen molar-refractivity contribution in [3.8, 4) is 11.3 Å². The van der Waals surface area contributed by atoms with Gasteiger partial charge in [0.1, 0.15) is 5.76 Å². The summed E-state index contributed by atoms with van der Waals surface area (Å²) in [6, 6.07) is 15.0. The highest BCUT2D eigenvalue weighted by atomic mass is 35.5. The molecule has 0 amide bonds. The molecule has 0 saturated heterocycles. The van der Waals surface area contributed by atoms with Crippen LogP contribution in [-0.2, 0) is 4.74 Å². The Balaban J connectivity index is 1.70. The minimum absolute atomic E-state index is 0.0525. The molecule has 0 aliphatic heterocycles. The Morgan fingerprint density at radius 1 is 1.11 bits per heavy atom. The van der Waals surface area contributed by atoms with Crippen molar-refractivity contribution >= 4 is 29.0 Å². The molecule has 28 heavy (non-hydrogen) atoms. The minimum Gasteiger partial charge on any atom is -0.449 e. The summed E-state index contributed by atoms with van der Waals surface area (Å²) in [5.74, 6) is -0.927. The van der Waals surface area contributed by atoms with E-state index in [4.69, 9.17) is 20.8 Å². The first kappa shape index (κ1) is 19.3. The molecule has 0 radical (unpaired) electrons. The Hall–Kier alpha value is -3.45. The van der Waals surface area contributed by atoms with Gasteiger partial charge in [0.05, 0.1) is 4.92 Å². The highest BCUT2D eigenvalue weighted by Gasteiger charge is 2.22. The van der Waals surface area contributed by atoms with Gasteiger partial charge >= 0.3 is 5.97 Å². The monoisotopic (exact) mass is 399 g/mol. The molecule has 0 N–H and O–H groups in total. The van der Waals surface area contributed by atoms with Crippen molar-refractivity contribution in [3.63, 3.8) is 0 Å². The Morgan fingerprint density at radius 2 is 1.82 bits per heavy atom. The van der Waals surface area contributed by atoms with Crippen LogP contribution < -0.4 is 0 Å². The molecule has 0 spiro atoms. The van der Waals surface area contributed by atoms with Crippen LogP contribution in [0.1, 0.15) is 27.8 Å². The van der Waals surface area contributed by atoms with Gasteiger partial charge in [-0.2, -0.15) is 0 Å². The maximum atomic E-state index is 12.4. The molecule has 2 aromatic carbocycles. The van der Waals surface area contributed by atoms with Crippen molar-refractivity contribution in [2.24, 2.45) is 0 Å². The van der Waals surface area contributed by atoms with Crippen molar-refractivity contribution < 1.29 is 23.7 Å². The van der Waals surface area contributed by atoms with Gasteiger partial charge in [-0.05, 0) is 43.3 Å². The average Bonchev–Trinajstić information content (AvgIpc) is 3.17. The number of hydrogen-bond donors (Lipinski definition) is 0. The number of ether oxygens (including phenoxy) is 1. The number of furan rings is 1. The summed E-state index contributed by atoms with van der Waals surface area (Å²) < 4.78 is 10.6. The zero-order chi connectivity index (χ0) is 20.3. The second-order valence-electron chi connectivity index (χ2n) is 5.89. The Morgan fingerprint density at radius 3 is 2.46 bits per heavy atom. The maximum absolute atomic E-state index is 12.4. The summed E-state index contributed by atoms with van der Waals surface area (Å²) in [5, 5.41) is 11.1. The normalized spacial score (nSPS) is 11.6. The number of Topliss-reactive ketones (excluding diaryl/α,β-unsaturated/α-hetero) is 1. The number of benzene rings is 2. The third kappa shape index (κ3) is 4.27. The molecule has 0 aliphatic carbocycles. The molecule has 0 bridgehead atoms. The van der Waals surface area contributed by atoms with Gasteiger partial charge in [0.25, 0.3) is 5.69 Å². The number of non-ortho nitro benzene ring substituents is 1. The number of ketones is 1. The number of hydrogen-bond acceptors (Lipinski definition) is 6. The molecule has 1 unspecified atom stereocenters. The summed E-state index contributed by atoms with van der Waals surface area (Å²) in [4.78, 5) is 34.8.